The molecule has 2 heterocycles. The molecule has 1 aromatic heterocycles. The first kappa shape index (κ1) is 53.1. The molecule has 7 atom stereocenters. The molecule has 368 valence electrons. The number of aromatic nitrogens is 1. The normalized spacial score (nSPS) is 22.2. The Morgan fingerprint density at radius 1 is 0.779 bits per heavy atom. The number of para-hydroxylation sites is 1. The minimum absolute atomic E-state index is 0.0359. The minimum atomic E-state index is -1.39. The average molecular weight is 945 g/mol. The number of nitrogens with zero attached hydrogens (tertiary/aromatic N) is 1. The number of primary amides is 1. The van der Waals surface area contributed by atoms with E-state index in [0.29, 0.717) is 11.1 Å². The van der Waals surface area contributed by atoms with E-state index in [1.807, 2.05) is 24.3 Å². The Bertz CT molecular complexity index is 2280. The van der Waals surface area contributed by atoms with Gasteiger partial charge in [-0.1, -0.05) is 48.5 Å². The number of amides is 9. The Hall–Kier alpha value is -7.56. The average Bonchev–Trinajstić information content (AvgIpc) is 3.70. The third kappa shape index (κ3) is 17.0. The van der Waals surface area contributed by atoms with Crippen molar-refractivity contribution < 1.29 is 43.2 Å². The molecular formula is C45H64N14O9. The Labute approximate surface area is 393 Å². The molecule has 0 saturated carbocycles. The van der Waals surface area contributed by atoms with E-state index in [1.54, 1.807) is 36.5 Å². The van der Waals surface area contributed by atoms with Crippen molar-refractivity contribution in [3.05, 3.63) is 71.9 Å². The van der Waals surface area contributed by atoms with Gasteiger partial charge in [-0.25, -0.2) is 0 Å². The van der Waals surface area contributed by atoms with Crippen LogP contribution >= 0.6 is 0 Å². The summed E-state index contributed by atoms with van der Waals surface area (Å²) < 4.78 is 0. The lowest BCUT2D eigenvalue weighted by Crippen LogP contribution is -2.60. The maximum absolute atomic E-state index is 14.1. The Kier molecular flexibility index (Phi) is 20.7. The number of nitrogens with one attached hydrogen (secondary N) is 9. The third-order valence-electron chi connectivity index (χ3n) is 11.1. The lowest BCUT2D eigenvalue weighted by molar-refractivity contribution is -0.135. The van der Waals surface area contributed by atoms with E-state index in [1.165, 1.54) is 13.8 Å². The molecule has 17 N–H and O–H groups in total. The molecular weight excluding hydrogens is 881 g/mol. The van der Waals surface area contributed by atoms with Crippen molar-refractivity contribution in [2.45, 2.75) is 114 Å². The highest BCUT2D eigenvalue weighted by atomic mass is 16.2. The third-order valence-corrected chi connectivity index (χ3v) is 11.1. The van der Waals surface area contributed by atoms with Crippen LogP contribution in [0.15, 0.2) is 65.8 Å². The number of rotatable bonds is 14. The summed E-state index contributed by atoms with van der Waals surface area (Å²) in [6, 6.07) is 7.03. The van der Waals surface area contributed by atoms with Crippen molar-refractivity contribution in [2.24, 2.45) is 27.9 Å². The number of carbonyl (C=O) groups excluding carboxylic acids is 9. The van der Waals surface area contributed by atoms with Crippen molar-refractivity contribution in [2.75, 3.05) is 19.6 Å². The van der Waals surface area contributed by atoms with Gasteiger partial charge in [0.25, 0.3) is 0 Å². The van der Waals surface area contributed by atoms with Crippen molar-refractivity contribution >= 4 is 70.0 Å². The highest BCUT2D eigenvalue weighted by Gasteiger charge is 2.33. The fourth-order valence-electron chi connectivity index (χ4n) is 7.47. The van der Waals surface area contributed by atoms with Crippen LogP contribution in [0, 0.1) is 0 Å². The summed E-state index contributed by atoms with van der Waals surface area (Å²) in [7, 11) is 0. The highest BCUT2D eigenvalue weighted by Crippen LogP contribution is 2.20. The van der Waals surface area contributed by atoms with Gasteiger partial charge >= 0.3 is 0 Å². The summed E-state index contributed by atoms with van der Waals surface area (Å²) in [6.45, 7) is 2.49. The number of hydrogen-bond acceptors (Lipinski definition) is 11. The van der Waals surface area contributed by atoms with E-state index in [9.17, 15) is 43.2 Å². The molecule has 1 aliphatic heterocycles. The Morgan fingerprint density at radius 3 is 2.12 bits per heavy atom. The molecule has 1 aliphatic rings. The topological polar surface area (TPSA) is 382 Å². The zero-order valence-electron chi connectivity index (χ0n) is 38.2. The zero-order chi connectivity index (χ0) is 49.8. The van der Waals surface area contributed by atoms with Crippen LogP contribution in [0.2, 0.25) is 0 Å². The van der Waals surface area contributed by atoms with E-state index >= 15 is 0 Å². The molecule has 9 amide bonds. The maximum atomic E-state index is 14.1. The van der Waals surface area contributed by atoms with Crippen LogP contribution in [0.4, 0.5) is 0 Å². The second kappa shape index (κ2) is 26.6. The summed E-state index contributed by atoms with van der Waals surface area (Å²) in [5.41, 5.74) is 24.5. The molecule has 1 saturated heterocycles. The number of aromatic amines is 1. The second-order valence-electron chi connectivity index (χ2n) is 16.5. The number of aliphatic imine (C=N–C) groups is 1. The van der Waals surface area contributed by atoms with Gasteiger partial charge in [-0.3, -0.25) is 48.1 Å². The SMILES string of the molecule is CC(=O)N[C@@H](CCCN=C(N)N)C(=O)NC1CCNC(=O)CCCC(C(N)=O)NC(=O)[C@H](Cc2c[nH]c3ccccc23)NC(=O)C(C)NC(=O)C(Cc2ccccc2)NC(=O)[C@H](CCN)NC1=O. The molecule has 23 nitrogen and oxygen atoms in total. The summed E-state index contributed by atoms with van der Waals surface area (Å²) in [4.78, 5) is 129. The highest BCUT2D eigenvalue weighted by molar-refractivity contribution is 5.98. The van der Waals surface area contributed by atoms with Gasteiger partial charge in [-0.15, -0.1) is 0 Å². The Balaban J connectivity index is 1.67. The van der Waals surface area contributed by atoms with Crippen LogP contribution in [0.25, 0.3) is 10.9 Å². The molecule has 3 aromatic rings. The number of H-pyrrole nitrogens is 1. The largest absolute Gasteiger partial charge is 0.370 e. The molecule has 68 heavy (non-hydrogen) atoms. The molecule has 2 aromatic carbocycles. The van der Waals surface area contributed by atoms with Crippen molar-refractivity contribution in [1.29, 1.82) is 0 Å². The number of nitrogens with two attached hydrogens (primary N) is 4. The second-order valence-corrected chi connectivity index (χ2v) is 16.5. The van der Waals surface area contributed by atoms with Gasteiger partial charge in [-0.2, -0.15) is 0 Å². The van der Waals surface area contributed by atoms with Gasteiger partial charge in [0.1, 0.15) is 42.3 Å². The van der Waals surface area contributed by atoms with Crippen LogP contribution < -0.4 is 65.5 Å². The van der Waals surface area contributed by atoms with Crippen LogP contribution in [0.1, 0.15) is 69.9 Å². The Morgan fingerprint density at radius 2 is 1.43 bits per heavy atom. The summed E-state index contributed by atoms with van der Waals surface area (Å²) in [5.74, 6) is -6.81. The lowest BCUT2D eigenvalue weighted by atomic mass is 10.0. The number of carbonyl (C=O) groups is 9. The van der Waals surface area contributed by atoms with Crippen LogP contribution in [-0.4, -0.2) is 126 Å². The molecule has 0 radical (unpaired) electrons. The van der Waals surface area contributed by atoms with E-state index in [4.69, 9.17) is 22.9 Å². The smallest absolute Gasteiger partial charge is 0.243 e. The monoisotopic (exact) mass is 944 g/mol. The van der Waals surface area contributed by atoms with Gasteiger partial charge in [0, 0.05) is 56.4 Å². The van der Waals surface area contributed by atoms with Gasteiger partial charge in [-0.05, 0) is 69.2 Å². The summed E-state index contributed by atoms with van der Waals surface area (Å²) in [5, 5.41) is 21.9. The number of fused-ring (bicyclic) bond motifs is 1. The number of benzene rings is 2. The van der Waals surface area contributed by atoms with E-state index < -0.39 is 95.5 Å². The van der Waals surface area contributed by atoms with Gasteiger partial charge < -0.3 is 70.5 Å². The number of guanidine groups is 1. The van der Waals surface area contributed by atoms with E-state index in [-0.39, 0.29) is 83.4 Å². The van der Waals surface area contributed by atoms with Crippen molar-refractivity contribution in [3.63, 3.8) is 0 Å². The first-order valence-corrected chi connectivity index (χ1v) is 22.4. The van der Waals surface area contributed by atoms with E-state index in [2.05, 4.69) is 52.5 Å². The molecule has 23 heteroatoms. The zero-order valence-corrected chi connectivity index (χ0v) is 38.2. The first-order valence-electron chi connectivity index (χ1n) is 22.4. The van der Waals surface area contributed by atoms with Crippen molar-refractivity contribution in [1.82, 2.24) is 47.5 Å². The fraction of sp³-hybridized carbons (Fsp3) is 0.467. The molecule has 0 aliphatic carbocycles. The van der Waals surface area contributed by atoms with Crippen LogP contribution in [0.3, 0.4) is 0 Å². The van der Waals surface area contributed by atoms with Crippen LogP contribution in [-0.2, 0) is 56.0 Å². The van der Waals surface area contributed by atoms with Crippen LogP contribution in [0.5, 0.6) is 0 Å². The lowest BCUT2D eigenvalue weighted by Gasteiger charge is -2.27. The minimum Gasteiger partial charge on any atom is -0.370 e. The molecule has 4 rings (SSSR count). The fourth-order valence-corrected chi connectivity index (χ4v) is 7.47. The van der Waals surface area contributed by atoms with Gasteiger partial charge in [0.15, 0.2) is 5.96 Å². The van der Waals surface area contributed by atoms with Crippen molar-refractivity contribution in [3.8, 4) is 0 Å². The summed E-state index contributed by atoms with van der Waals surface area (Å²) in [6.07, 6.45) is 1.52. The molecule has 1 fully saturated rings. The molecule has 4 unspecified atom stereocenters. The standard InChI is InChI=1S/C45H64N14O9/c1-25-39(63)58-36(23-28-24-52-30-13-7-6-12-29(28)30)44(68)55-31(38(47)62)14-8-16-37(61)50-21-18-34(57-40(64)32(54-26(2)60)15-9-20-51-45(48)49)42(66)56-33(17-19-46)41(65)59-35(43(67)53-25)22-27-10-4-3-5-11-27/h3-7,10-13,24-25,31-36,52H,8-9,14-23,46H2,1-2H3,(H2,47,62)(H,50,61)(H,53,67)(H,54,60)(H,55,68)(H,56,66)(H,57,64)(H,58,63)(H,59,65)(H4,48,49,51)/t25?,31?,32-,33-,34?,35?,36-/m0/s1. The predicted octanol–water partition coefficient (Wildman–Crippen LogP) is -3.04. The van der Waals surface area contributed by atoms with Gasteiger partial charge in [0.05, 0.1) is 0 Å². The molecule has 0 bridgehead atoms. The molecule has 0 spiro atoms. The predicted molar refractivity (Wildman–Crippen MR) is 251 cm³/mol. The maximum Gasteiger partial charge on any atom is 0.243 e. The summed E-state index contributed by atoms with van der Waals surface area (Å²) >= 11 is 0. The van der Waals surface area contributed by atoms with Gasteiger partial charge in [0.2, 0.25) is 53.2 Å². The number of hydrogen-bond donors (Lipinski definition) is 13. The first-order chi connectivity index (χ1) is 32.4. The quantitative estimate of drug-likeness (QED) is 0.0436. The van der Waals surface area contributed by atoms with E-state index in [0.717, 1.165) is 10.9 Å².